The summed E-state index contributed by atoms with van der Waals surface area (Å²) in [4.78, 5) is 19.2. The lowest BCUT2D eigenvalue weighted by atomic mass is 10.2. The van der Waals surface area contributed by atoms with Crippen molar-refractivity contribution in [2.24, 2.45) is 7.05 Å². The predicted molar refractivity (Wildman–Crippen MR) is 79.5 cm³/mol. The van der Waals surface area contributed by atoms with E-state index in [1.54, 1.807) is 22.7 Å². The van der Waals surface area contributed by atoms with Crippen molar-refractivity contribution in [3.63, 3.8) is 0 Å². The van der Waals surface area contributed by atoms with E-state index in [9.17, 15) is 4.79 Å². The maximum absolute atomic E-state index is 12.0. The second kappa shape index (κ2) is 5.64. The number of anilines is 1. The lowest BCUT2D eigenvalue weighted by Gasteiger charge is -2.35. The Balaban J connectivity index is 1.94. The first kappa shape index (κ1) is 15.2. The van der Waals surface area contributed by atoms with Gasteiger partial charge in [-0.3, -0.25) is 0 Å². The Bertz CT molecular complexity index is 559. The van der Waals surface area contributed by atoms with Crippen molar-refractivity contribution in [2.75, 3.05) is 31.1 Å². The third-order valence-electron chi connectivity index (χ3n) is 3.21. The maximum Gasteiger partial charge on any atom is 0.410 e. The first-order chi connectivity index (χ1) is 9.80. The second-order valence-electron chi connectivity index (χ2n) is 6.05. The normalized spacial score (nSPS) is 15.8. The summed E-state index contributed by atoms with van der Waals surface area (Å²) >= 11 is 0. The molecule has 1 amide bonds. The Morgan fingerprint density at radius 1 is 1.33 bits per heavy atom. The van der Waals surface area contributed by atoms with E-state index in [1.165, 1.54) is 0 Å². The van der Waals surface area contributed by atoms with Crippen LogP contribution in [0.2, 0.25) is 0 Å². The van der Waals surface area contributed by atoms with Gasteiger partial charge in [-0.1, -0.05) is 11.7 Å². The zero-order valence-corrected chi connectivity index (χ0v) is 13.0. The molecule has 1 aromatic rings. The van der Waals surface area contributed by atoms with Gasteiger partial charge in [-0.05, 0) is 20.8 Å². The molecule has 1 fully saturated rings. The zero-order valence-electron chi connectivity index (χ0n) is 13.0. The largest absolute Gasteiger partial charge is 0.444 e. The number of carbonyl (C=O) groups is 1. The Hall–Kier alpha value is -2.23. The molecule has 114 valence electrons. The van der Waals surface area contributed by atoms with E-state index in [1.807, 2.05) is 20.8 Å². The van der Waals surface area contributed by atoms with Crippen LogP contribution >= 0.6 is 0 Å². The van der Waals surface area contributed by atoms with Crippen LogP contribution in [0, 0.1) is 6.57 Å². The number of piperazine rings is 1. The molecular formula is C14H21N5O2. The van der Waals surface area contributed by atoms with Gasteiger partial charge in [-0.25, -0.2) is 4.79 Å². The average Bonchev–Trinajstić information content (AvgIpc) is 2.78. The fourth-order valence-corrected chi connectivity index (χ4v) is 2.15. The quantitative estimate of drug-likeness (QED) is 0.743. The van der Waals surface area contributed by atoms with E-state index in [0.717, 1.165) is 5.82 Å². The Labute approximate surface area is 124 Å². The maximum atomic E-state index is 12.0. The number of hydrogen-bond acceptors (Lipinski definition) is 4. The lowest BCUT2D eigenvalue weighted by molar-refractivity contribution is 0.0240. The van der Waals surface area contributed by atoms with Crippen molar-refractivity contribution in [1.29, 1.82) is 0 Å². The molecule has 2 rings (SSSR count). The fourth-order valence-electron chi connectivity index (χ4n) is 2.15. The lowest BCUT2D eigenvalue weighted by Crippen LogP contribution is -2.50. The van der Waals surface area contributed by atoms with Crippen LogP contribution in [0.3, 0.4) is 0 Å². The van der Waals surface area contributed by atoms with Crippen LogP contribution in [0.1, 0.15) is 20.8 Å². The van der Waals surface area contributed by atoms with Gasteiger partial charge in [0.25, 0.3) is 5.82 Å². The van der Waals surface area contributed by atoms with Crippen LogP contribution < -0.4 is 4.90 Å². The highest BCUT2D eigenvalue weighted by Crippen LogP contribution is 2.21. The standard InChI is InChI=1S/C14H21N5O2/c1-14(2,3)21-13(20)19-8-6-18(7-9-19)12-10-11(15-4)17(5)16-12/h10H,6-9H2,1-3,5H3. The van der Waals surface area contributed by atoms with E-state index in [0.29, 0.717) is 32.0 Å². The molecule has 0 saturated carbocycles. The third-order valence-corrected chi connectivity index (χ3v) is 3.21. The molecule has 0 spiro atoms. The molecule has 0 N–H and O–H groups in total. The van der Waals surface area contributed by atoms with E-state index in [4.69, 9.17) is 11.3 Å². The average molecular weight is 291 g/mol. The van der Waals surface area contributed by atoms with Crippen LogP contribution in [-0.2, 0) is 11.8 Å². The molecule has 7 heteroatoms. The monoisotopic (exact) mass is 291 g/mol. The van der Waals surface area contributed by atoms with Crippen molar-refractivity contribution in [2.45, 2.75) is 26.4 Å². The van der Waals surface area contributed by atoms with Crippen molar-refractivity contribution < 1.29 is 9.53 Å². The second-order valence-corrected chi connectivity index (χ2v) is 6.05. The topological polar surface area (TPSA) is 55.0 Å². The summed E-state index contributed by atoms with van der Waals surface area (Å²) in [5.74, 6) is 1.30. The molecule has 1 saturated heterocycles. The van der Waals surface area contributed by atoms with Gasteiger partial charge < -0.3 is 19.4 Å². The predicted octanol–water partition coefficient (Wildman–Crippen LogP) is 2.03. The minimum atomic E-state index is -0.472. The summed E-state index contributed by atoms with van der Waals surface area (Å²) in [6.07, 6.45) is -0.273. The van der Waals surface area contributed by atoms with Crippen LogP contribution in [0.25, 0.3) is 4.85 Å². The number of amides is 1. The SMILES string of the molecule is [C-]#[N+]c1cc(N2CCN(C(=O)OC(C)(C)C)CC2)nn1C. The molecule has 0 aromatic carbocycles. The molecule has 0 aliphatic carbocycles. The number of hydrogen-bond donors (Lipinski definition) is 0. The molecule has 1 aliphatic rings. The van der Waals surface area contributed by atoms with Gasteiger partial charge in [0.1, 0.15) is 5.60 Å². The van der Waals surface area contributed by atoms with Crippen molar-refractivity contribution in [1.82, 2.24) is 14.7 Å². The number of ether oxygens (including phenoxy) is 1. The highest BCUT2D eigenvalue weighted by atomic mass is 16.6. The molecule has 0 unspecified atom stereocenters. The molecule has 21 heavy (non-hydrogen) atoms. The third kappa shape index (κ3) is 3.66. The van der Waals surface area contributed by atoms with Gasteiger partial charge >= 0.3 is 6.09 Å². The molecule has 0 atom stereocenters. The summed E-state index contributed by atoms with van der Waals surface area (Å²) in [5.41, 5.74) is -0.472. The van der Waals surface area contributed by atoms with Crippen molar-refractivity contribution in [3.8, 4) is 0 Å². The number of aryl methyl sites for hydroxylation is 1. The highest BCUT2D eigenvalue weighted by Gasteiger charge is 2.27. The van der Waals surface area contributed by atoms with Gasteiger partial charge in [0.2, 0.25) is 0 Å². The summed E-state index contributed by atoms with van der Waals surface area (Å²) in [7, 11) is 1.76. The zero-order chi connectivity index (χ0) is 15.6. The first-order valence-corrected chi connectivity index (χ1v) is 6.94. The number of nitrogens with zero attached hydrogens (tertiary/aromatic N) is 5. The number of aromatic nitrogens is 2. The van der Waals surface area contributed by atoms with Gasteiger partial charge in [0, 0.05) is 32.2 Å². The minimum absolute atomic E-state index is 0.273. The van der Waals surface area contributed by atoms with E-state index < -0.39 is 5.60 Å². The van der Waals surface area contributed by atoms with Crippen LogP contribution in [0.5, 0.6) is 0 Å². The number of rotatable bonds is 1. The summed E-state index contributed by atoms with van der Waals surface area (Å²) < 4.78 is 6.94. The summed E-state index contributed by atoms with van der Waals surface area (Å²) in [6, 6.07) is 1.77. The molecule has 0 radical (unpaired) electrons. The Morgan fingerprint density at radius 3 is 2.43 bits per heavy atom. The molecule has 7 nitrogen and oxygen atoms in total. The van der Waals surface area contributed by atoms with Crippen LogP contribution in [-0.4, -0.2) is 52.6 Å². The minimum Gasteiger partial charge on any atom is -0.444 e. The Kier molecular flexibility index (Phi) is 4.07. The summed E-state index contributed by atoms with van der Waals surface area (Å²) in [5, 5.41) is 4.33. The van der Waals surface area contributed by atoms with Crippen molar-refractivity contribution in [3.05, 3.63) is 17.5 Å². The highest BCUT2D eigenvalue weighted by molar-refractivity contribution is 5.68. The number of carbonyl (C=O) groups excluding carboxylic acids is 1. The van der Waals surface area contributed by atoms with Gasteiger partial charge in [-0.15, -0.1) is 0 Å². The molecule has 1 aromatic heterocycles. The van der Waals surface area contributed by atoms with Gasteiger partial charge in [0.15, 0.2) is 5.82 Å². The van der Waals surface area contributed by atoms with Crippen molar-refractivity contribution >= 4 is 17.7 Å². The van der Waals surface area contributed by atoms with E-state index in [2.05, 4.69) is 14.8 Å². The smallest absolute Gasteiger partial charge is 0.410 e. The molecule has 1 aliphatic heterocycles. The molecular weight excluding hydrogens is 270 g/mol. The molecule has 0 bridgehead atoms. The summed E-state index contributed by atoms with van der Waals surface area (Å²) in [6.45, 7) is 15.2. The van der Waals surface area contributed by atoms with Gasteiger partial charge in [-0.2, -0.15) is 4.68 Å². The first-order valence-electron chi connectivity index (χ1n) is 6.94. The van der Waals surface area contributed by atoms with E-state index >= 15 is 0 Å². The fraction of sp³-hybridized carbons (Fsp3) is 0.643. The molecule has 2 heterocycles. The van der Waals surface area contributed by atoms with Crippen LogP contribution in [0.15, 0.2) is 6.07 Å². The Morgan fingerprint density at radius 2 is 1.95 bits per heavy atom. The van der Waals surface area contributed by atoms with Crippen LogP contribution in [0.4, 0.5) is 16.4 Å². The van der Waals surface area contributed by atoms with E-state index in [-0.39, 0.29) is 6.09 Å². The van der Waals surface area contributed by atoms with Gasteiger partial charge in [0.05, 0.1) is 7.05 Å².